The number of ether oxygens (including phenoxy) is 2. The summed E-state index contributed by atoms with van der Waals surface area (Å²) in [5.41, 5.74) is 0.219. The number of rotatable bonds is 4. The molecule has 1 saturated heterocycles. The van der Waals surface area contributed by atoms with Crippen LogP contribution in [0.4, 0.5) is 4.39 Å². The number of fused-ring (bicyclic) bond motifs is 1. The molecule has 0 amide bonds. The van der Waals surface area contributed by atoms with Gasteiger partial charge in [-0.05, 0) is 73.2 Å². The molecule has 5 nitrogen and oxygen atoms in total. The molecule has 154 valence electrons. The van der Waals surface area contributed by atoms with Crippen LogP contribution >= 0.6 is 15.9 Å². The minimum absolute atomic E-state index is 0.138. The maximum Gasteiger partial charge on any atom is 0.191 e. The predicted octanol–water partition coefficient (Wildman–Crippen LogP) is 4.46. The number of halogens is 2. The van der Waals surface area contributed by atoms with Crippen LogP contribution in [0.3, 0.4) is 0 Å². The van der Waals surface area contributed by atoms with E-state index in [-0.39, 0.29) is 17.7 Å². The monoisotopic (exact) mass is 462 g/mol. The van der Waals surface area contributed by atoms with E-state index in [1.54, 1.807) is 24.4 Å². The molecule has 1 aromatic carbocycles. The van der Waals surface area contributed by atoms with E-state index in [4.69, 9.17) is 9.47 Å². The minimum Gasteiger partial charge on any atom is -0.486 e. The van der Waals surface area contributed by atoms with Gasteiger partial charge >= 0.3 is 0 Å². The molecule has 0 aliphatic carbocycles. The maximum absolute atomic E-state index is 14.1. The van der Waals surface area contributed by atoms with Gasteiger partial charge < -0.3 is 14.8 Å². The van der Waals surface area contributed by atoms with Crippen LogP contribution < -0.4 is 10.1 Å². The Morgan fingerprint density at radius 2 is 2.07 bits per heavy atom. The zero-order valence-electron chi connectivity index (χ0n) is 16.5. The van der Waals surface area contributed by atoms with Crippen molar-refractivity contribution in [3.63, 3.8) is 0 Å². The Morgan fingerprint density at radius 1 is 1.31 bits per heavy atom. The quantitative estimate of drug-likeness (QED) is 0.679. The van der Waals surface area contributed by atoms with Crippen molar-refractivity contribution in [1.82, 2.24) is 10.3 Å². The number of hydrogen-bond acceptors (Lipinski definition) is 5. The molecule has 2 aliphatic rings. The lowest BCUT2D eigenvalue weighted by molar-refractivity contribution is -0.114. The summed E-state index contributed by atoms with van der Waals surface area (Å²) in [4.78, 5) is 18.0. The van der Waals surface area contributed by atoms with Gasteiger partial charge in [-0.1, -0.05) is 0 Å². The summed E-state index contributed by atoms with van der Waals surface area (Å²) in [7, 11) is 0. The fourth-order valence-corrected chi connectivity index (χ4v) is 4.57. The number of piperidine rings is 1. The van der Waals surface area contributed by atoms with Gasteiger partial charge in [0, 0.05) is 29.1 Å². The molecule has 1 unspecified atom stereocenters. The Kier molecular flexibility index (Phi) is 5.73. The minimum atomic E-state index is -0.721. The highest BCUT2D eigenvalue weighted by Gasteiger charge is 2.55. The zero-order valence-corrected chi connectivity index (χ0v) is 18.0. The van der Waals surface area contributed by atoms with Gasteiger partial charge in [-0.2, -0.15) is 0 Å². The fourth-order valence-electron chi connectivity index (χ4n) is 4.34. The molecular formula is C22H24BrFN2O3. The standard InChI is InChI=1S/C22H24BrFN2O3/c1-13(2)28-21-16-11-15(24)4-6-18(16)29-22(7-9-25-10-8-22)19(21)20(27)17-5-3-14(23)12-26-17/h3-6,11-13,19,21,25H,7-10H2,1-2H3/t19?,21-/m0/s1. The third kappa shape index (κ3) is 3.96. The van der Waals surface area contributed by atoms with Crippen LogP contribution in [0.25, 0.3) is 0 Å². The summed E-state index contributed by atoms with van der Waals surface area (Å²) in [6, 6.07) is 7.95. The molecule has 2 aromatic rings. The Balaban J connectivity index is 1.85. The van der Waals surface area contributed by atoms with E-state index < -0.39 is 17.6 Å². The third-order valence-electron chi connectivity index (χ3n) is 5.59. The Hall–Kier alpha value is -1.83. The molecular weight excluding hydrogens is 439 g/mol. The van der Waals surface area contributed by atoms with E-state index in [2.05, 4.69) is 26.2 Å². The molecule has 1 N–H and O–H groups in total. The van der Waals surface area contributed by atoms with Crippen LogP contribution in [0.1, 0.15) is 48.8 Å². The number of hydrogen-bond donors (Lipinski definition) is 1. The van der Waals surface area contributed by atoms with Crippen LogP contribution in [0, 0.1) is 11.7 Å². The summed E-state index contributed by atoms with van der Waals surface area (Å²) < 4.78 is 27.6. The van der Waals surface area contributed by atoms with Crippen molar-refractivity contribution < 1.29 is 18.7 Å². The van der Waals surface area contributed by atoms with E-state index in [0.29, 0.717) is 29.8 Å². The number of ketones is 1. The molecule has 0 bridgehead atoms. The lowest BCUT2D eigenvalue weighted by Gasteiger charge is -2.49. The highest BCUT2D eigenvalue weighted by Crippen LogP contribution is 2.50. The molecule has 7 heteroatoms. The van der Waals surface area contributed by atoms with Crippen molar-refractivity contribution in [1.29, 1.82) is 0 Å². The molecule has 1 aromatic heterocycles. The average molecular weight is 463 g/mol. The van der Waals surface area contributed by atoms with Crippen molar-refractivity contribution in [2.24, 2.45) is 5.92 Å². The van der Waals surface area contributed by atoms with Gasteiger partial charge in [0.25, 0.3) is 0 Å². The average Bonchev–Trinajstić information content (AvgIpc) is 2.69. The number of Topliss-reactive ketones (excluding diaryl/α,β-unsaturated/α-hetero) is 1. The predicted molar refractivity (Wildman–Crippen MR) is 111 cm³/mol. The number of nitrogens with one attached hydrogen (secondary N) is 1. The smallest absolute Gasteiger partial charge is 0.191 e. The van der Waals surface area contributed by atoms with E-state index in [9.17, 15) is 9.18 Å². The van der Waals surface area contributed by atoms with Crippen LogP contribution in [0.5, 0.6) is 5.75 Å². The first-order valence-corrected chi connectivity index (χ1v) is 10.7. The number of pyridine rings is 1. The van der Waals surface area contributed by atoms with Gasteiger partial charge in [0.2, 0.25) is 0 Å². The molecule has 0 radical (unpaired) electrons. The van der Waals surface area contributed by atoms with Crippen molar-refractivity contribution >= 4 is 21.7 Å². The highest BCUT2D eigenvalue weighted by atomic mass is 79.9. The van der Waals surface area contributed by atoms with Crippen LogP contribution in [-0.2, 0) is 4.74 Å². The first-order valence-electron chi connectivity index (χ1n) is 9.90. The summed E-state index contributed by atoms with van der Waals surface area (Å²) in [5, 5.41) is 3.34. The van der Waals surface area contributed by atoms with Gasteiger partial charge in [0.1, 0.15) is 29.0 Å². The summed E-state index contributed by atoms with van der Waals surface area (Å²) in [6.45, 7) is 5.32. The highest BCUT2D eigenvalue weighted by molar-refractivity contribution is 9.10. The normalized spacial score (nSPS) is 22.9. The van der Waals surface area contributed by atoms with Crippen molar-refractivity contribution in [2.45, 2.75) is 44.5 Å². The molecule has 3 heterocycles. The fraction of sp³-hybridized carbons (Fsp3) is 0.455. The largest absolute Gasteiger partial charge is 0.486 e. The van der Waals surface area contributed by atoms with Crippen molar-refractivity contribution in [3.8, 4) is 5.75 Å². The van der Waals surface area contributed by atoms with Gasteiger partial charge in [-0.25, -0.2) is 4.39 Å². The first kappa shape index (κ1) is 20.4. The van der Waals surface area contributed by atoms with Crippen molar-refractivity contribution in [3.05, 3.63) is 58.1 Å². The van der Waals surface area contributed by atoms with Gasteiger partial charge in [0.15, 0.2) is 5.78 Å². The number of aromatic nitrogens is 1. The molecule has 1 spiro atoms. The summed E-state index contributed by atoms with van der Waals surface area (Å²) in [6.07, 6.45) is 2.19. The Labute approximate surface area is 178 Å². The van der Waals surface area contributed by atoms with E-state index in [1.165, 1.54) is 12.1 Å². The number of nitrogens with zero attached hydrogens (tertiary/aromatic N) is 1. The second-order valence-corrected chi connectivity index (χ2v) is 8.82. The molecule has 2 atom stereocenters. The Morgan fingerprint density at radius 3 is 2.72 bits per heavy atom. The van der Waals surface area contributed by atoms with Crippen molar-refractivity contribution in [2.75, 3.05) is 13.1 Å². The van der Waals surface area contributed by atoms with Crippen LogP contribution in [-0.4, -0.2) is 35.6 Å². The number of benzene rings is 1. The second-order valence-electron chi connectivity index (χ2n) is 7.91. The second kappa shape index (κ2) is 8.13. The molecule has 0 saturated carbocycles. The molecule has 2 aliphatic heterocycles. The summed E-state index contributed by atoms with van der Waals surface area (Å²) in [5.74, 6) is -0.541. The molecule has 1 fully saturated rings. The number of carbonyl (C=O) groups excluding carboxylic acids is 1. The van der Waals surface area contributed by atoms with Gasteiger partial charge in [0.05, 0.1) is 12.0 Å². The van der Waals surface area contributed by atoms with E-state index in [0.717, 1.165) is 17.6 Å². The van der Waals surface area contributed by atoms with E-state index in [1.807, 2.05) is 13.8 Å². The SMILES string of the molecule is CC(C)O[C@H]1c2cc(F)ccc2OC2(CCNCC2)C1C(=O)c1ccc(Br)cn1. The van der Waals surface area contributed by atoms with Crippen LogP contribution in [0.2, 0.25) is 0 Å². The van der Waals surface area contributed by atoms with Gasteiger partial charge in [-0.15, -0.1) is 0 Å². The van der Waals surface area contributed by atoms with E-state index >= 15 is 0 Å². The van der Waals surface area contributed by atoms with Gasteiger partial charge in [-0.3, -0.25) is 9.78 Å². The first-order chi connectivity index (χ1) is 13.9. The lowest BCUT2D eigenvalue weighted by Crippen LogP contribution is -2.58. The maximum atomic E-state index is 14.1. The number of carbonyl (C=O) groups is 1. The molecule has 4 rings (SSSR count). The molecule has 29 heavy (non-hydrogen) atoms. The van der Waals surface area contributed by atoms with Crippen LogP contribution in [0.15, 0.2) is 41.0 Å². The topological polar surface area (TPSA) is 60.5 Å². The lowest BCUT2D eigenvalue weighted by atomic mass is 9.70. The Bertz CT molecular complexity index is 897. The third-order valence-corrected chi connectivity index (χ3v) is 6.06. The summed E-state index contributed by atoms with van der Waals surface area (Å²) >= 11 is 3.36. The zero-order chi connectivity index (χ0) is 20.6.